The van der Waals surface area contributed by atoms with Crippen LogP contribution in [0.15, 0.2) is 23.1 Å². The minimum absolute atomic E-state index is 0.0433. The van der Waals surface area contributed by atoms with E-state index < -0.39 is 10.0 Å². The van der Waals surface area contributed by atoms with Gasteiger partial charge in [-0.2, -0.15) is 4.31 Å². The van der Waals surface area contributed by atoms with E-state index in [0.29, 0.717) is 18.7 Å². The largest absolute Gasteiger partial charge is 0.495 e. The number of nitrogens with one attached hydrogen (secondary N) is 1. The molecular formula is C18H28N2O4S. The van der Waals surface area contributed by atoms with Gasteiger partial charge in [0, 0.05) is 24.7 Å². The van der Waals surface area contributed by atoms with Crippen LogP contribution < -0.4 is 10.1 Å². The van der Waals surface area contributed by atoms with Gasteiger partial charge in [-0.05, 0) is 44.4 Å². The number of ether oxygens (including phenoxy) is 1. The van der Waals surface area contributed by atoms with Crippen LogP contribution >= 0.6 is 0 Å². The number of carbonyl (C=O) groups is 1. The molecule has 1 aromatic rings. The third-order valence-electron chi connectivity index (χ3n) is 4.46. The molecule has 1 aliphatic rings. The SMILES string of the molecule is CCC[C@H](C)NC(=O)c1ccc(OC)c(S(=O)(=O)N2CCCCC2)c1. The summed E-state index contributed by atoms with van der Waals surface area (Å²) in [5.41, 5.74) is 0.333. The molecule has 0 aromatic heterocycles. The number of carbonyl (C=O) groups excluding carboxylic acids is 1. The number of hydrogen-bond acceptors (Lipinski definition) is 4. The van der Waals surface area contributed by atoms with Crippen LogP contribution in [0.4, 0.5) is 0 Å². The monoisotopic (exact) mass is 368 g/mol. The number of rotatable bonds is 7. The van der Waals surface area contributed by atoms with E-state index in [1.807, 2.05) is 6.92 Å². The van der Waals surface area contributed by atoms with Crippen LogP contribution in [0.3, 0.4) is 0 Å². The number of amides is 1. The van der Waals surface area contributed by atoms with E-state index in [9.17, 15) is 13.2 Å². The number of piperidine rings is 1. The minimum Gasteiger partial charge on any atom is -0.495 e. The molecular weight excluding hydrogens is 340 g/mol. The Morgan fingerprint density at radius 3 is 2.56 bits per heavy atom. The first-order valence-corrected chi connectivity index (χ1v) is 10.3. The zero-order valence-corrected chi connectivity index (χ0v) is 16.1. The molecule has 1 saturated heterocycles. The van der Waals surface area contributed by atoms with Gasteiger partial charge in [-0.1, -0.05) is 19.8 Å². The molecule has 1 aliphatic heterocycles. The Kier molecular flexibility index (Phi) is 6.84. The molecule has 140 valence electrons. The van der Waals surface area contributed by atoms with Crippen LogP contribution in [0.5, 0.6) is 5.75 Å². The molecule has 0 radical (unpaired) electrons. The Morgan fingerprint density at radius 1 is 1.28 bits per heavy atom. The summed E-state index contributed by atoms with van der Waals surface area (Å²) >= 11 is 0. The fourth-order valence-corrected chi connectivity index (χ4v) is 4.77. The van der Waals surface area contributed by atoms with Gasteiger partial charge in [0.05, 0.1) is 7.11 Å². The predicted octanol–water partition coefficient (Wildman–Crippen LogP) is 2.79. The Hall–Kier alpha value is -1.60. The summed E-state index contributed by atoms with van der Waals surface area (Å²) in [7, 11) is -2.23. The zero-order valence-electron chi connectivity index (χ0n) is 15.2. The number of hydrogen-bond donors (Lipinski definition) is 1. The molecule has 1 N–H and O–H groups in total. The van der Waals surface area contributed by atoms with Gasteiger partial charge in [0.15, 0.2) is 0 Å². The van der Waals surface area contributed by atoms with E-state index in [1.165, 1.54) is 17.5 Å². The summed E-state index contributed by atoms with van der Waals surface area (Å²) < 4.78 is 32.7. The van der Waals surface area contributed by atoms with E-state index in [0.717, 1.165) is 32.1 Å². The van der Waals surface area contributed by atoms with Gasteiger partial charge >= 0.3 is 0 Å². The lowest BCUT2D eigenvalue weighted by atomic mass is 10.1. The quantitative estimate of drug-likeness (QED) is 0.803. The second-order valence-corrected chi connectivity index (χ2v) is 8.40. The van der Waals surface area contributed by atoms with Gasteiger partial charge in [0.1, 0.15) is 10.6 Å². The second kappa shape index (κ2) is 8.67. The molecule has 0 saturated carbocycles. The predicted molar refractivity (Wildman–Crippen MR) is 97.4 cm³/mol. The minimum atomic E-state index is -3.67. The van der Waals surface area contributed by atoms with E-state index in [4.69, 9.17) is 4.74 Å². The number of methoxy groups -OCH3 is 1. The standard InChI is InChI=1S/C18H28N2O4S/c1-4-8-14(2)19-18(21)15-9-10-16(24-3)17(13-15)25(22,23)20-11-6-5-7-12-20/h9-10,13-14H,4-8,11-12H2,1-3H3,(H,19,21)/t14-/m0/s1. The van der Waals surface area contributed by atoms with Crippen molar-refractivity contribution >= 4 is 15.9 Å². The van der Waals surface area contributed by atoms with Crippen molar-refractivity contribution in [3.05, 3.63) is 23.8 Å². The normalized spacial score (nSPS) is 17.1. The average Bonchev–Trinajstić information content (AvgIpc) is 2.62. The molecule has 1 aromatic carbocycles. The Morgan fingerprint density at radius 2 is 1.96 bits per heavy atom. The summed E-state index contributed by atoms with van der Waals surface area (Å²) in [6.07, 6.45) is 4.60. The first-order valence-electron chi connectivity index (χ1n) is 8.89. The highest BCUT2D eigenvalue weighted by atomic mass is 32.2. The van der Waals surface area contributed by atoms with E-state index in [2.05, 4.69) is 12.2 Å². The molecule has 1 heterocycles. The Bertz CT molecular complexity index is 697. The van der Waals surface area contributed by atoms with Crippen LogP contribution in [-0.4, -0.2) is 44.9 Å². The molecule has 2 rings (SSSR count). The van der Waals surface area contributed by atoms with Crippen molar-refractivity contribution in [2.45, 2.75) is 56.9 Å². The molecule has 0 aliphatic carbocycles. The first-order chi connectivity index (χ1) is 11.9. The highest BCUT2D eigenvalue weighted by Gasteiger charge is 2.29. The van der Waals surface area contributed by atoms with Crippen molar-refractivity contribution in [2.24, 2.45) is 0 Å². The van der Waals surface area contributed by atoms with Crippen LogP contribution in [-0.2, 0) is 10.0 Å². The first kappa shape index (κ1) is 19.7. The molecule has 1 amide bonds. The maximum absolute atomic E-state index is 13.0. The summed E-state index contributed by atoms with van der Waals surface area (Å²) in [6.45, 7) is 5.01. The average molecular weight is 368 g/mol. The fraction of sp³-hybridized carbons (Fsp3) is 0.611. The Balaban J connectivity index is 2.32. The van der Waals surface area contributed by atoms with Crippen LogP contribution in [0, 0.1) is 0 Å². The van der Waals surface area contributed by atoms with Crippen molar-refractivity contribution in [3.63, 3.8) is 0 Å². The van der Waals surface area contributed by atoms with E-state index in [1.54, 1.807) is 12.1 Å². The summed E-state index contributed by atoms with van der Waals surface area (Å²) in [5, 5.41) is 2.90. The highest BCUT2D eigenvalue weighted by Crippen LogP contribution is 2.29. The molecule has 6 nitrogen and oxygen atoms in total. The smallest absolute Gasteiger partial charge is 0.251 e. The van der Waals surface area contributed by atoms with Crippen molar-refractivity contribution < 1.29 is 17.9 Å². The lowest BCUT2D eigenvalue weighted by Crippen LogP contribution is -2.36. The fourth-order valence-electron chi connectivity index (χ4n) is 3.08. The van der Waals surface area contributed by atoms with Gasteiger partial charge in [0.25, 0.3) is 5.91 Å². The van der Waals surface area contributed by atoms with Crippen LogP contribution in [0.25, 0.3) is 0 Å². The maximum Gasteiger partial charge on any atom is 0.251 e. The second-order valence-electron chi connectivity index (χ2n) is 6.49. The highest BCUT2D eigenvalue weighted by molar-refractivity contribution is 7.89. The van der Waals surface area contributed by atoms with Crippen LogP contribution in [0.2, 0.25) is 0 Å². The summed E-state index contributed by atoms with van der Waals surface area (Å²) in [5.74, 6) is 0.00225. The number of sulfonamides is 1. The molecule has 1 fully saturated rings. The zero-order chi connectivity index (χ0) is 18.4. The molecule has 0 unspecified atom stereocenters. The third kappa shape index (κ3) is 4.73. The molecule has 1 atom stereocenters. The third-order valence-corrected chi connectivity index (χ3v) is 6.38. The van der Waals surface area contributed by atoms with Crippen molar-refractivity contribution in [1.82, 2.24) is 9.62 Å². The van der Waals surface area contributed by atoms with Gasteiger partial charge in [-0.25, -0.2) is 8.42 Å². The summed E-state index contributed by atoms with van der Waals surface area (Å²) in [6, 6.07) is 4.62. The van der Waals surface area contributed by atoms with Gasteiger partial charge in [-0.3, -0.25) is 4.79 Å². The molecule has 0 bridgehead atoms. The topological polar surface area (TPSA) is 75.7 Å². The Labute approximate surface area is 150 Å². The summed E-state index contributed by atoms with van der Waals surface area (Å²) in [4.78, 5) is 12.5. The molecule has 0 spiro atoms. The lowest BCUT2D eigenvalue weighted by Gasteiger charge is -2.26. The van der Waals surface area contributed by atoms with Crippen molar-refractivity contribution in [3.8, 4) is 5.75 Å². The van der Waals surface area contributed by atoms with E-state index in [-0.39, 0.29) is 22.6 Å². The van der Waals surface area contributed by atoms with E-state index >= 15 is 0 Å². The van der Waals surface area contributed by atoms with Gasteiger partial charge in [0.2, 0.25) is 10.0 Å². The number of benzene rings is 1. The van der Waals surface area contributed by atoms with Crippen LogP contribution in [0.1, 0.15) is 56.3 Å². The lowest BCUT2D eigenvalue weighted by molar-refractivity contribution is 0.0938. The van der Waals surface area contributed by atoms with Crippen molar-refractivity contribution in [2.75, 3.05) is 20.2 Å². The molecule has 25 heavy (non-hydrogen) atoms. The number of nitrogens with zero attached hydrogens (tertiary/aromatic N) is 1. The van der Waals surface area contributed by atoms with Gasteiger partial charge in [-0.15, -0.1) is 0 Å². The molecule has 7 heteroatoms. The maximum atomic E-state index is 13.0. The van der Waals surface area contributed by atoms with Crippen molar-refractivity contribution in [1.29, 1.82) is 0 Å². The van der Waals surface area contributed by atoms with Gasteiger partial charge < -0.3 is 10.1 Å².